The molecule has 0 fully saturated rings. The highest BCUT2D eigenvalue weighted by molar-refractivity contribution is 5.75. The molecule has 0 aliphatic rings. The van der Waals surface area contributed by atoms with Gasteiger partial charge in [-0.1, -0.05) is 29.8 Å². The highest BCUT2D eigenvalue weighted by Crippen LogP contribution is 2.13. The first kappa shape index (κ1) is 12.7. The lowest BCUT2D eigenvalue weighted by Crippen LogP contribution is -2.26. The van der Waals surface area contributed by atoms with Crippen LogP contribution in [0.15, 0.2) is 24.3 Å². The lowest BCUT2D eigenvalue weighted by atomic mass is 10.1. The van der Waals surface area contributed by atoms with Gasteiger partial charge in [0.2, 0.25) is 5.91 Å². The SMILES string of the molecule is CNC(=O)CCNC(C)c1cccc(C)c1. The number of rotatable bonds is 5. The second-order valence-corrected chi connectivity index (χ2v) is 4.01. The molecule has 3 heteroatoms. The fraction of sp³-hybridized carbons (Fsp3) is 0.462. The van der Waals surface area contributed by atoms with Gasteiger partial charge in [-0.05, 0) is 19.4 Å². The van der Waals surface area contributed by atoms with Crippen LogP contribution in [0.25, 0.3) is 0 Å². The highest BCUT2D eigenvalue weighted by atomic mass is 16.1. The van der Waals surface area contributed by atoms with Crippen LogP contribution in [0.2, 0.25) is 0 Å². The number of hydrogen-bond acceptors (Lipinski definition) is 2. The monoisotopic (exact) mass is 220 g/mol. The van der Waals surface area contributed by atoms with E-state index in [0.717, 1.165) is 0 Å². The molecule has 1 aromatic rings. The molecule has 0 aliphatic carbocycles. The van der Waals surface area contributed by atoms with Gasteiger partial charge in [0.15, 0.2) is 0 Å². The Hall–Kier alpha value is -1.35. The molecule has 1 unspecified atom stereocenters. The van der Waals surface area contributed by atoms with Crippen molar-refractivity contribution >= 4 is 5.91 Å². The van der Waals surface area contributed by atoms with Crippen molar-refractivity contribution in [2.24, 2.45) is 0 Å². The molecule has 16 heavy (non-hydrogen) atoms. The fourth-order valence-corrected chi connectivity index (χ4v) is 1.58. The van der Waals surface area contributed by atoms with Crippen LogP contribution in [0.4, 0.5) is 0 Å². The number of hydrogen-bond donors (Lipinski definition) is 2. The van der Waals surface area contributed by atoms with Crippen molar-refractivity contribution in [2.45, 2.75) is 26.3 Å². The lowest BCUT2D eigenvalue weighted by Gasteiger charge is -2.14. The fourth-order valence-electron chi connectivity index (χ4n) is 1.58. The molecular formula is C13H20N2O. The minimum absolute atomic E-state index is 0.0731. The summed E-state index contributed by atoms with van der Waals surface area (Å²) in [5.41, 5.74) is 2.52. The van der Waals surface area contributed by atoms with Crippen molar-refractivity contribution in [1.82, 2.24) is 10.6 Å². The van der Waals surface area contributed by atoms with Gasteiger partial charge >= 0.3 is 0 Å². The van der Waals surface area contributed by atoms with E-state index < -0.39 is 0 Å². The van der Waals surface area contributed by atoms with Crippen molar-refractivity contribution in [1.29, 1.82) is 0 Å². The minimum atomic E-state index is 0.0731. The average Bonchev–Trinajstić information content (AvgIpc) is 2.28. The van der Waals surface area contributed by atoms with Crippen molar-refractivity contribution in [3.63, 3.8) is 0 Å². The van der Waals surface area contributed by atoms with Gasteiger partial charge in [0.1, 0.15) is 0 Å². The molecule has 0 saturated heterocycles. The van der Waals surface area contributed by atoms with E-state index in [1.165, 1.54) is 11.1 Å². The van der Waals surface area contributed by atoms with Gasteiger partial charge in [-0.3, -0.25) is 4.79 Å². The van der Waals surface area contributed by atoms with Crippen LogP contribution in [0, 0.1) is 6.92 Å². The average molecular weight is 220 g/mol. The number of carbonyl (C=O) groups is 1. The summed E-state index contributed by atoms with van der Waals surface area (Å²) in [7, 11) is 1.66. The summed E-state index contributed by atoms with van der Waals surface area (Å²) in [6, 6.07) is 8.69. The molecule has 0 bridgehead atoms. The van der Waals surface area contributed by atoms with Crippen molar-refractivity contribution in [3.8, 4) is 0 Å². The van der Waals surface area contributed by atoms with E-state index in [1.807, 2.05) is 0 Å². The first-order valence-electron chi connectivity index (χ1n) is 5.64. The molecule has 0 heterocycles. The lowest BCUT2D eigenvalue weighted by molar-refractivity contribution is -0.120. The Morgan fingerprint density at radius 2 is 2.19 bits per heavy atom. The Morgan fingerprint density at radius 3 is 2.81 bits per heavy atom. The molecule has 0 spiro atoms. The van der Waals surface area contributed by atoms with Crippen molar-refractivity contribution < 1.29 is 4.79 Å². The third-order valence-corrected chi connectivity index (χ3v) is 2.62. The molecule has 1 aromatic carbocycles. The smallest absolute Gasteiger partial charge is 0.221 e. The van der Waals surface area contributed by atoms with Crippen molar-refractivity contribution in [3.05, 3.63) is 35.4 Å². The molecule has 0 aromatic heterocycles. The number of carbonyl (C=O) groups excluding carboxylic acids is 1. The Bertz CT molecular complexity index is 350. The zero-order valence-electron chi connectivity index (χ0n) is 10.2. The van der Waals surface area contributed by atoms with E-state index >= 15 is 0 Å². The van der Waals surface area contributed by atoms with Gasteiger partial charge in [0.25, 0.3) is 0 Å². The van der Waals surface area contributed by atoms with Gasteiger partial charge in [0.05, 0.1) is 0 Å². The van der Waals surface area contributed by atoms with E-state index in [2.05, 4.69) is 48.7 Å². The first-order valence-corrected chi connectivity index (χ1v) is 5.64. The van der Waals surface area contributed by atoms with Crippen molar-refractivity contribution in [2.75, 3.05) is 13.6 Å². The Morgan fingerprint density at radius 1 is 1.44 bits per heavy atom. The summed E-state index contributed by atoms with van der Waals surface area (Å²) < 4.78 is 0. The predicted molar refractivity (Wildman–Crippen MR) is 66.3 cm³/mol. The largest absolute Gasteiger partial charge is 0.359 e. The van der Waals surface area contributed by atoms with Crippen LogP contribution < -0.4 is 10.6 Å². The highest BCUT2D eigenvalue weighted by Gasteiger charge is 2.05. The summed E-state index contributed by atoms with van der Waals surface area (Å²) in [6.45, 7) is 4.90. The second-order valence-electron chi connectivity index (χ2n) is 4.01. The summed E-state index contributed by atoms with van der Waals surface area (Å²) >= 11 is 0. The Kier molecular flexibility index (Phi) is 4.99. The van der Waals surface area contributed by atoms with Gasteiger partial charge in [-0.2, -0.15) is 0 Å². The Balaban J connectivity index is 2.40. The van der Waals surface area contributed by atoms with E-state index in [0.29, 0.717) is 13.0 Å². The standard InChI is InChI=1S/C13H20N2O/c1-10-5-4-6-12(9-10)11(2)15-8-7-13(16)14-3/h4-6,9,11,15H,7-8H2,1-3H3,(H,14,16). The van der Waals surface area contributed by atoms with E-state index in [9.17, 15) is 4.79 Å². The third kappa shape index (κ3) is 4.03. The number of nitrogens with one attached hydrogen (secondary N) is 2. The summed E-state index contributed by atoms with van der Waals surface area (Å²) in [5.74, 6) is 0.0731. The zero-order valence-corrected chi connectivity index (χ0v) is 10.2. The van der Waals surface area contributed by atoms with Crippen LogP contribution in [0.5, 0.6) is 0 Å². The maximum absolute atomic E-state index is 11.0. The molecular weight excluding hydrogens is 200 g/mol. The zero-order chi connectivity index (χ0) is 12.0. The normalized spacial score (nSPS) is 12.2. The molecule has 0 radical (unpaired) electrons. The third-order valence-electron chi connectivity index (χ3n) is 2.62. The molecule has 1 atom stereocenters. The molecule has 1 rings (SSSR count). The number of benzene rings is 1. The van der Waals surface area contributed by atoms with Crippen LogP contribution in [-0.4, -0.2) is 19.5 Å². The minimum Gasteiger partial charge on any atom is -0.359 e. The summed E-state index contributed by atoms with van der Waals surface area (Å²) in [6.07, 6.45) is 0.520. The summed E-state index contributed by atoms with van der Waals surface area (Å²) in [5, 5.41) is 5.94. The van der Waals surface area contributed by atoms with Crippen LogP contribution >= 0.6 is 0 Å². The van der Waals surface area contributed by atoms with Gasteiger partial charge in [-0.15, -0.1) is 0 Å². The summed E-state index contributed by atoms with van der Waals surface area (Å²) in [4.78, 5) is 11.0. The quantitative estimate of drug-likeness (QED) is 0.794. The van der Waals surface area contributed by atoms with Crippen LogP contribution in [0.1, 0.15) is 30.5 Å². The second kappa shape index (κ2) is 6.28. The predicted octanol–water partition coefficient (Wildman–Crippen LogP) is 1.78. The molecule has 2 N–H and O–H groups in total. The molecule has 0 aliphatic heterocycles. The maximum atomic E-state index is 11.0. The molecule has 0 saturated carbocycles. The van der Waals surface area contributed by atoms with Gasteiger partial charge < -0.3 is 10.6 Å². The van der Waals surface area contributed by atoms with E-state index in [-0.39, 0.29) is 11.9 Å². The van der Waals surface area contributed by atoms with E-state index in [1.54, 1.807) is 7.05 Å². The van der Waals surface area contributed by atoms with E-state index in [4.69, 9.17) is 0 Å². The topological polar surface area (TPSA) is 41.1 Å². The van der Waals surface area contributed by atoms with Crippen LogP contribution in [-0.2, 0) is 4.79 Å². The van der Waals surface area contributed by atoms with Gasteiger partial charge in [-0.25, -0.2) is 0 Å². The number of aryl methyl sites for hydroxylation is 1. The number of amides is 1. The Labute approximate surface area is 97.2 Å². The molecule has 3 nitrogen and oxygen atoms in total. The van der Waals surface area contributed by atoms with Gasteiger partial charge in [0, 0.05) is 26.1 Å². The first-order chi connectivity index (χ1) is 7.63. The van der Waals surface area contributed by atoms with Crippen LogP contribution in [0.3, 0.4) is 0 Å². The molecule has 1 amide bonds. The molecule has 88 valence electrons. The maximum Gasteiger partial charge on any atom is 0.221 e.